The first kappa shape index (κ1) is 18.9. The molecule has 2 N–H and O–H groups in total. The van der Waals surface area contributed by atoms with Crippen molar-refractivity contribution in [1.82, 2.24) is 5.32 Å². The molecule has 0 aliphatic heterocycles. The van der Waals surface area contributed by atoms with E-state index in [0.717, 1.165) is 11.3 Å². The topological polar surface area (TPSA) is 67.4 Å². The molecule has 0 atom stereocenters. The Bertz CT molecular complexity index is 550. The Labute approximate surface area is 148 Å². The number of hydrogen-bond acceptors (Lipinski definition) is 5. The lowest BCUT2D eigenvalue weighted by Gasteiger charge is -2.22. The van der Waals surface area contributed by atoms with Crippen LogP contribution in [0.5, 0.6) is 0 Å². The zero-order valence-corrected chi connectivity index (χ0v) is 15.5. The summed E-state index contributed by atoms with van der Waals surface area (Å²) in [5.41, 5.74) is 0.581. The zero-order valence-electron chi connectivity index (χ0n) is 14.7. The Morgan fingerprint density at radius 3 is 2.67 bits per heavy atom. The van der Waals surface area contributed by atoms with Crippen LogP contribution >= 0.6 is 11.3 Å². The van der Waals surface area contributed by atoms with E-state index >= 15 is 0 Å². The fourth-order valence-electron chi connectivity index (χ4n) is 2.97. The number of nitrogens with one attached hydrogen (secondary N) is 2. The quantitative estimate of drug-likeness (QED) is 0.700. The van der Waals surface area contributed by atoms with Crippen molar-refractivity contribution in [1.29, 1.82) is 0 Å². The Hall–Kier alpha value is -1.40. The maximum Gasteiger partial charge on any atom is 0.350 e. The van der Waals surface area contributed by atoms with E-state index in [1.54, 1.807) is 6.92 Å². The molecule has 0 bridgehead atoms. The second-order valence-electron chi connectivity index (χ2n) is 6.12. The van der Waals surface area contributed by atoms with E-state index in [2.05, 4.69) is 10.6 Å². The van der Waals surface area contributed by atoms with Crippen LogP contribution in [0, 0.1) is 0 Å². The minimum Gasteiger partial charge on any atom is -0.462 e. The standard InChI is InChI=1S/C18H28N2O3S/c1-3-14-12-15(17(24-14)18(22)23-4-2)20-16(21)10-11-19-13-8-6-5-7-9-13/h12-13,19H,3-11H2,1-2H3,(H,20,21). The summed E-state index contributed by atoms with van der Waals surface area (Å²) in [5, 5.41) is 6.34. The van der Waals surface area contributed by atoms with Gasteiger partial charge >= 0.3 is 5.97 Å². The van der Waals surface area contributed by atoms with Gasteiger partial charge in [-0.3, -0.25) is 4.79 Å². The minimum atomic E-state index is -0.363. The third kappa shape index (κ3) is 5.60. The summed E-state index contributed by atoms with van der Waals surface area (Å²) in [6.45, 7) is 4.81. The van der Waals surface area contributed by atoms with Crippen molar-refractivity contribution in [2.75, 3.05) is 18.5 Å². The number of anilines is 1. The van der Waals surface area contributed by atoms with Crippen molar-refractivity contribution in [3.63, 3.8) is 0 Å². The Balaban J connectivity index is 1.85. The SMILES string of the molecule is CCOC(=O)c1sc(CC)cc1NC(=O)CCNC1CCCCC1. The van der Waals surface area contributed by atoms with Crippen molar-refractivity contribution in [3.8, 4) is 0 Å². The van der Waals surface area contributed by atoms with Crippen molar-refractivity contribution in [3.05, 3.63) is 15.8 Å². The summed E-state index contributed by atoms with van der Waals surface area (Å²) < 4.78 is 5.08. The Morgan fingerprint density at radius 2 is 2.00 bits per heavy atom. The lowest BCUT2D eigenvalue weighted by Crippen LogP contribution is -2.33. The smallest absolute Gasteiger partial charge is 0.350 e. The summed E-state index contributed by atoms with van der Waals surface area (Å²) in [6, 6.07) is 2.43. The Kier molecular flexibility index (Phi) is 7.72. The average molecular weight is 353 g/mol. The van der Waals surface area contributed by atoms with Gasteiger partial charge in [-0.25, -0.2) is 4.79 Å². The molecule has 0 saturated heterocycles. The van der Waals surface area contributed by atoms with Crippen molar-refractivity contribution >= 4 is 28.9 Å². The van der Waals surface area contributed by atoms with Crippen LogP contribution in [0.1, 0.15) is 66.9 Å². The highest BCUT2D eigenvalue weighted by Crippen LogP contribution is 2.28. The van der Waals surface area contributed by atoms with E-state index in [-0.39, 0.29) is 11.9 Å². The number of ether oxygens (including phenoxy) is 1. The van der Waals surface area contributed by atoms with Gasteiger partial charge in [0, 0.05) is 23.9 Å². The second kappa shape index (κ2) is 9.79. The summed E-state index contributed by atoms with van der Waals surface area (Å²) in [6.07, 6.45) is 7.54. The van der Waals surface area contributed by atoms with Crippen LogP contribution in [0.3, 0.4) is 0 Å². The van der Waals surface area contributed by atoms with E-state index in [9.17, 15) is 9.59 Å². The molecule has 1 aliphatic rings. The third-order valence-corrected chi connectivity index (χ3v) is 5.52. The monoisotopic (exact) mass is 352 g/mol. The average Bonchev–Trinajstić information content (AvgIpc) is 2.99. The maximum atomic E-state index is 12.2. The molecule has 1 amide bonds. The molecule has 0 unspecified atom stereocenters. The van der Waals surface area contributed by atoms with Gasteiger partial charge in [0.05, 0.1) is 12.3 Å². The van der Waals surface area contributed by atoms with Crippen LogP contribution < -0.4 is 10.6 Å². The van der Waals surface area contributed by atoms with Crippen LogP contribution in [-0.2, 0) is 16.0 Å². The number of aryl methyl sites for hydroxylation is 1. The molecule has 1 aromatic heterocycles. The lowest BCUT2D eigenvalue weighted by molar-refractivity contribution is -0.116. The van der Waals surface area contributed by atoms with E-state index in [1.165, 1.54) is 43.4 Å². The zero-order chi connectivity index (χ0) is 17.4. The molecule has 1 heterocycles. The molecule has 6 heteroatoms. The first-order valence-electron chi connectivity index (χ1n) is 8.97. The van der Waals surface area contributed by atoms with E-state index < -0.39 is 0 Å². The van der Waals surface area contributed by atoms with Gasteiger partial charge in [0.1, 0.15) is 4.88 Å². The molecule has 134 valence electrons. The lowest BCUT2D eigenvalue weighted by atomic mass is 9.95. The van der Waals surface area contributed by atoms with Gasteiger partial charge < -0.3 is 15.4 Å². The fraction of sp³-hybridized carbons (Fsp3) is 0.667. The number of hydrogen-bond donors (Lipinski definition) is 2. The second-order valence-corrected chi connectivity index (χ2v) is 7.25. The predicted octanol–water partition coefficient (Wildman–Crippen LogP) is 3.74. The molecule has 1 aromatic rings. The molecule has 1 fully saturated rings. The summed E-state index contributed by atoms with van der Waals surface area (Å²) in [7, 11) is 0. The summed E-state index contributed by atoms with van der Waals surface area (Å²) >= 11 is 1.39. The van der Waals surface area contributed by atoms with E-state index in [4.69, 9.17) is 4.74 Å². The summed E-state index contributed by atoms with van der Waals surface area (Å²) in [4.78, 5) is 25.8. The molecule has 5 nitrogen and oxygen atoms in total. The van der Waals surface area contributed by atoms with Gasteiger partial charge in [-0.15, -0.1) is 11.3 Å². The molecule has 0 radical (unpaired) electrons. The van der Waals surface area contributed by atoms with Gasteiger partial charge in [0.15, 0.2) is 0 Å². The van der Waals surface area contributed by atoms with Gasteiger partial charge in [0.25, 0.3) is 0 Å². The first-order valence-corrected chi connectivity index (χ1v) is 9.78. The molecule has 1 saturated carbocycles. The normalized spacial score (nSPS) is 15.2. The number of carbonyl (C=O) groups is 2. The van der Waals surface area contributed by atoms with Gasteiger partial charge in [-0.2, -0.15) is 0 Å². The highest BCUT2D eigenvalue weighted by atomic mass is 32.1. The molecular weight excluding hydrogens is 324 g/mol. The fourth-order valence-corrected chi connectivity index (χ4v) is 3.91. The van der Waals surface area contributed by atoms with Crippen LogP contribution in [0.15, 0.2) is 6.07 Å². The number of amides is 1. The van der Waals surface area contributed by atoms with Crippen LogP contribution in [0.2, 0.25) is 0 Å². The largest absolute Gasteiger partial charge is 0.462 e. The predicted molar refractivity (Wildman–Crippen MR) is 97.8 cm³/mol. The number of esters is 1. The maximum absolute atomic E-state index is 12.2. The van der Waals surface area contributed by atoms with Crippen LogP contribution in [0.25, 0.3) is 0 Å². The van der Waals surface area contributed by atoms with Gasteiger partial charge in [-0.05, 0) is 32.3 Å². The molecule has 0 aromatic carbocycles. The number of rotatable bonds is 8. The molecule has 24 heavy (non-hydrogen) atoms. The van der Waals surface area contributed by atoms with Crippen molar-refractivity contribution in [2.24, 2.45) is 0 Å². The van der Waals surface area contributed by atoms with Crippen molar-refractivity contribution in [2.45, 2.75) is 64.8 Å². The molecule has 0 spiro atoms. The van der Waals surface area contributed by atoms with Gasteiger partial charge in [0.2, 0.25) is 5.91 Å². The van der Waals surface area contributed by atoms with E-state index in [1.807, 2.05) is 13.0 Å². The molecule has 1 aliphatic carbocycles. The highest BCUT2D eigenvalue weighted by Gasteiger charge is 2.19. The minimum absolute atomic E-state index is 0.0655. The molecule has 2 rings (SSSR count). The summed E-state index contributed by atoms with van der Waals surface area (Å²) in [5.74, 6) is -0.429. The van der Waals surface area contributed by atoms with E-state index in [0.29, 0.717) is 36.2 Å². The number of thiophene rings is 1. The van der Waals surface area contributed by atoms with Gasteiger partial charge in [-0.1, -0.05) is 26.2 Å². The number of carbonyl (C=O) groups excluding carboxylic acids is 2. The Morgan fingerprint density at radius 1 is 1.25 bits per heavy atom. The van der Waals surface area contributed by atoms with Crippen LogP contribution in [0.4, 0.5) is 5.69 Å². The van der Waals surface area contributed by atoms with Crippen molar-refractivity contribution < 1.29 is 14.3 Å². The third-order valence-electron chi connectivity index (χ3n) is 4.26. The van der Waals surface area contributed by atoms with Crippen LogP contribution in [-0.4, -0.2) is 31.1 Å². The highest BCUT2D eigenvalue weighted by molar-refractivity contribution is 7.14. The first-order chi connectivity index (χ1) is 11.6. The molecular formula is C18H28N2O3S.